The molecule has 1 aliphatic heterocycles. The minimum Gasteiger partial charge on any atom is -0.497 e. The monoisotopic (exact) mass is 314 g/mol. The number of nitrogens with one attached hydrogen (secondary N) is 1. The van der Waals surface area contributed by atoms with E-state index in [1.54, 1.807) is 14.2 Å². The Morgan fingerprint density at radius 3 is 2.71 bits per heavy atom. The van der Waals surface area contributed by atoms with Crippen molar-refractivity contribution in [3.8, 4) is 11.5 Å². The van der Waals surface area contributed by atoms with Gasteiger partial charge in [0.25, 0.3) is 0 Å². The molecule has 118 valence electrons. The molecule has 0 spiro atoms. The van der Waals surface area contributed by atoms with Crippen LogP contribution >= 0.6 is 12.4 Å². The molecule has 5 nitrogen and oxygen atoms in total. The van der Waals surface area contributed by atoms with Gasteiger partial charge in [0.2, 0.25) is 5.91 Å². The maximum Gasteiger partial charge on any atom is 0.227 e. The number of hydrogen-bond acceptors (Lipinski definition) is 4. The van der Waals surface area contributed by atoms with E-state index >= 15 is 0 Å². The van der Waals surface area contributed by atoms with Crippen LogP contribution in [0.15, 0.2) is 18.2 Å². The van der Waals surface area contributed by atoms with E-state index in [4.69, 9.17) is 9.47 Å². The van der Waals surface area contributed by atoms with Crippen molar-refractivity contribution in [1.29, 1.82) is 0 Å². The van der Waals surface area contributed by atoms with Crippen LogP contribution in [0.25, 0.3) is 0 Å². The zero-order chi connectivity index (χ0) is 14.5. The molecule has 0 radical (unpaired) electrons. The Bertz CT molecular complexity index is 476. The van der Waals surface area contributed by atoms with Crippen molar-refractivity contribution in [3.05, 3.63) is 23.8 Å². The zero-order valence-electron chi connectivity index (χ0n) is 12.7. The number of benzene rings is 1. The standard InChI is InChI=1S/C15H22N2O3.ClH/c1-17(12-6-7-16-10-12)15(18)9-11-8-13(19-2)4-5-14(11)20-3;/h4-5,8,12,16H,6-7,9-10H2,1-3H3;1H. The van der Waals surface area contributed by atoms with E-state index < -0.39 is 0 Å². The average molecular weight is 315 g/mol. The van der Waals surface area contributed by atoms with Crippen molar-refractivity contribution in [1.82, 2.24) is 10.2 Å². The third-order valence-corrected chi connectivity index (χ3v) is 3.80. The SMILES string of the molecule is COc1ccc(OC)c(CC(=O)N(C)C2CCNC2)c1.Cl. The van der Waals surface area contributed by atoms with Gasteiger partial charge in [-0.05, 0) is 31.2 Å². The molecule has 0 aliphatic carbocycles. The smallest absolute Gasteiger partial charge is 0.227 e. The van der Waals surface area contributed by atoms with E-state index in [9.17, 15) is 4.79 Å². The molecule has 1 heterocycles. The van der Waals surface area contributed by atoms with Gasteiger partial charge >= 0.3 is 0 Å². The highest BCUT2D eigenvalue weighted by Crippen LogP contribution is 2.25. The fourth-order valence-corrected chi connectivity index (χ4v) is 2.48. The van der Waals surface area contributed by atoms with Crippen LogP contribution in [-0.2, 0) is 11.2 Å². The van der Waals surface area contributed by atoms with Gasteiger partial charge in [0.1, 0.15) is 11.5 Å². The summed E-state index contributed by atoms with van der Waals surface area (Å²) in [6.07, 6.45) is 1.34. The van der Waals surface area contributed by atoms with Gasteiger partial charge in [0, 0.05) is 25.2 Å². The predicted octanol–water partition coefficient (Wildman–Crippen LogP) is 1.49. The minimum absolute atomic E-state index is 0. The summed E-state index contributed by atoms with van der Waals surface area (Å²) in [5, 5.41) is 3.27. The molecule has 0 aromatic heterocycles. The first-order valence-corrected chi connectivity index (χ1v) is 6.83. The fourth-order valence-electron chi connectivity index (χ4n) is 2.48. The Labute approximate surface area is 132 Å². The Balaban J connectivity index is 0.00000220. The number of rotatable bonds is 5. The highest BCUT2D eigenvalue weighted by Gasteiger charge is 2.23. The molecule has 0 saturated carbocycles. The van der Waals surface area contributed by atoms with Gasteiger partial charge in [0.15, 0.2) is 0 Å². The van der Waals surface area contributed by atoms with Crippen LogP contribution in [0.5, 0.6) is 11.5 Å². The maximum absolute atomic E-state index is 12.4. The van der Waals surface area contributed by atoms with Crippen LogP contribution in [0.2, 0.25) is 0 Å². The summed E-state index contributed by atoms with van der Waals surface area (Å²) in [5.74, 6) is 1.56. The van der Waals surface area contributed by atoms with Gasteiger partial charge in [-0.2, -0.15) is 0 Å². The van der Waals surface area contributed by atoms with E-state index in [-0.39, 0.29) is 18.3 Å². The summed E-state index contributed by atoms with van der Waals surface area (Å²) in [6, 6.07) is 5.81. The molecule has 1 amide bonds. The average Bonchev–Trinajstić information content (AvgIpc) is 3.00. The van der Waals surface area contributed by atoms with Gasteiger partial charge in [-0.1, -0.05) is 0 Å². The van der Waals surface area contributed by atoms with E-state index in [0.717, 1.165) is 36.6 Å². The first-order chi connectivity index (χ1) is 9.65. The van der Waals surface area contributed by atoms with E-state index in [1.165, 1.54) is 0 Å². The summed E-state index contributed by atoms with van der Waals surface area (Å²) in [4.78, 5) is 14.2. The molecule has 1 atom stereocenters. The lowest BCUT2D eigenvalue weighted by Crippen LogP contribution is -2.39. The number of nitrogens with zero attached hydrogens (tertiary/aromatic N) is 1. The van der Waals surface area contributed by atoms with Crippen molar-refractivity contribution < 1.29 is 14.3 Å². The predicted molar refractivity (Wildman–Crippen MR) is 84.5 cm³/mol. The van der Waals surface area contributed by atoms with E-state index in [2.05, 4.69) is 5.32 Å². The molecule has 1 unspecified atom stereocenters. The highest BCUT2D eigenvalue weighted by molar-refractivity contribution is 5.85. The maximum atomic E-state index is 12.4. The van der Waals surface area contributed by atoms with Crippen molar-refractivity contribution in [3.63, 3.8) is 0 Å². The molecule has 2 rings (SSSR count). The second-order valence-electron chi connectivity index (χ2n) is 5.01. The van der Waals surface area contributed by atoms with Gasteiger partial charge in [-0.25, -0.2) is 0 Å². The molecule has 0 bridgehead atoms. The molecule has 1 saturated heterocycles. The van der Waals surface area contributed by atoms with Crippen molar-refractivity contribution in [2.24, 2.45) is 0 Å². The molecule has 1 N–H and O–H groups in total. The van der Waals surface area contributed by atoms with Gasteiger partial charge < -0.3 is 19.7 Å². The normalized spacial score (nSPS) is 17.0. The molecule has 1 aromatic rings. The van der Waals surface area contributed by atoms with Gasteiger partial charge in [0.05, 0.1) is 20.6 Å². The van der Waals surface area contributed by atoms with Crippen molar-refractivity contribution in [2.75, 3.05) is 34.4 Å². The first-order valence-electron chi connectivity index (χ1n) is 6.83. The van der Waals surface area contributed by atoms with Crippen molar-refractivity contribution >= 4 is 18.3 Å². The topological polar surface area (TPSA) is 50.8 Å². The second-order valence-corrected chi connectivity index (χ2v) is 5.01. The molecule has 21 heavy (non-hydrogen) atoms. The quantitative estimate of drug-likeness (QED) is 0.894. The molecular formula is C15H23ClN2O3. The van der Waals surface area contributed by atoms with Crippen LogP contribution in [0.3, 0.4) is 0 Å². The number of ether oxygens (including phenoxy) is 2. The Hall–Kier alpha value is -1.46. The lowest BCUT2D eigenvalue weighted by Gasteiger charge is -2.24. The number of carbonyl (C=O) groups is 1. The lowest BCUT2D eigenvalue weighted by molar-refractivity contribution is -0.130. The Kier molecular flexibility index (Phi) is 6.78. The Morgan fingerprint density at radius 1 is 1.38 bits per heavy atom. The van der Waals surface area contributed by atoms with Crippen LogP contribution in [0, 0.1) is 0 Å². The molecule has 1 aromatic carbocycles. The van der Waals surface area contributed by atoms with Gasteiger partial charge in [-0.15, -0.1) is 12.4 Å². The summed E-state index contributed by atoms with van der Waals surface area (Å²) in [5.41, 5.74) is 0.856. The molecule has 6 heteroatoms. The summed E-state index contributed by atoms with van der Waals surface area (Å²) in [7, 11) is 5.09. The second kappa shape index (κ2) is 8.10. The number of methoxy groups -OCH3 is 2. The molecular weight excluding hydrogens is 292 g/mol. The van der Waals surface area contributed by atoms with Crippen molar-refractivity contribution in [2.45, 2.75) is 18.9 Å². The number of hydrogen-bond donors (Lipinski definition) is 1. The van der Waals surface area contributed by atoms with E-state index in [1.807, 2.05) is 30.1 Å². The number of likely N-dealkylation sites (N-methyl/N-ethyl adjacent to an activating group) is 1. The van der Waals surface area contributed by atoms with Crippen LogP contribution in [0.4, 0.5) is 0 Å². The van der Waals surface area contributed by atoms with Crippen LogP contribution < -0.4 is 14.8 Å². The number of amides is 1. The summed E-state index contributed by atoms with van der Waals surface area (Å²) in [6.45, 7) is 1.85. The minimum atomic E-state index is 0. The third-order valence-electron chi connectivity index (χ3n) is 3.80. The number of halogens is 1. The highest BCUT2D eigenvalue weighted by atomic mass is 35.5. The molecule has 1 fully saturated rings. The molecule has 1 aliphatic rings. The summed E-state index contributed by atoms with van der Waals surface area (Å²) < 4.78 is 10.5. The first kappa shape index (κ1) is 17.6. The third kappa shape index (κ3) is 4.25. The van der Waals surface area contributed by atoms with Crippen LogP contribution in [0.1, 0.15) is 12.0 Å². The summed E-state index contributed by atoms with van der Waals surface area (Å²) >= 11 is 0. The van der Waals surface area contributed by atoms with E-state index in [0.29, 0.717) is 12.5 Å². The Morgan fingerprint density at radius 2 is 2.14 bits per heavy atom. The lowest BCUT2D eigenvalue weighted by atomic mass is 10.1. The fraction of sp³-hybridized carbons (Fsp3) is 0.533. The van der Waals surface area contributed by atoms with Gasteiger partial charge in [-0.3, -0.25) is 4.79 Å². The number of carbonyl (C=O) groups excluding carboxylic acids is 1. The van der Waals surface area contributed by atoms with Crippen LogP contribution in [-0.4, -0.2) is 51.2 Å². The zero-order valence-corrected chi connectivity index (χ0v) is 13.5. The largest absolute Gasteiger partial charge is 0.497 e.